The van der Waals surface area contributed by atoms with Crippen LogP contribution in [0.15, 0.2) is 0 Å². The van der Waals surface area contributed by atoms with E-state index in [1.54, 1.807) is 14.1 Å². The minimum atomic E-state index is -3.35. The van der Waals surface area contributed by atoms with Crippen molar-refractivity contribution < 1.29 is 8.42 Å². The summed E-state index contributed by atoms with van der Waals surface area (Å²) in [4.78, 5) is 2.36. The number of likely N-dealkylation sites (tertiary alicyclic amines) is 1. The van der Waals surface area contributed by atoms with Crippen molar-refractivity contribution in [1.82, 2.24) is 13.5 Å². The second-order valence-corrected chi connectivity index (χ2v) is 7.53. The van der Waals surface area contributed by atoms with Crippen LogP contribution in [0.3, 0.4) is 0 Å². The molecule has 1 fully saturated rings. The predicted octanol–water partition coefficient (Wildman–Crippen LogP) is 1.21. The van der Waals surface area contributed by atoms with Gasteiger partial charge in [0, 0.05) is 32.6 Å². The first kappa shape index (κ1) is 17.2. The van der Waals surface area contributed by atoms with Gasteiger partial charge in [-0.15, -0.1) is 11.6 Å². The minimum Gasteiger partial charge on any atom is -0.303 e. The number of piperidine rings is 1. The summed E-state index contributed by atoms with van der Waals surface area (Å²) in [6.45, 7) is 5.61. The molecule has 0 atom stereocenters. The molecule has 0 aromatic carbocycles. The summed E-state index contributed by atoms with van der Waals surface area (Å²) in [6, 6.07) is 0.117. The fourth-order valence-corrected chi connectivity index (χ4v) is 3.91. The van der Waals surface area contributed by atoms with Gasteiger partial charge < -0.3 is 4.90 Å². The van der Waals surface area contributed by atoms with Gasteiger partial charge in [0.2, 0.25) is 0 Å². The van der Waals surface area contributed by atoms with Gasteiger partial charge in [0.1, 0.15) is 0 Å². The largest absolute Gasteiger partial charge is 0.303 e. The standard InChI is InChI=1S/C12H26ClN3O2S/c1-4-16-10-6-12(7-11-16)15(3)19(17,18)14(2)9-5-8-13/h12H,4-11H2,1-3H3. The molecule has 1 saturated heterocycles. The van der Waals surface area contributed by atoms with Gasteiger partial charge in [-0.25, -0.2) is 0 Å². The number of alkyl halides is 1. The van der Waals surface area contributed by atoms with Gasteiger partial charge in [-0.05, 0) is 38.9 Å². The van der Waals surface area contributed by atoms with Crippen LogP contribution in [0.5, 0.6) is 0 Å². The molecule has 0 aromatic heterocycles. The molecule has 19 heavy (non-hydrogen) atoms. The monoisotopic (exact) mass is 311 g/mol. The van der Waals surface area contributed by atoms with E-state index in [9.17, 15) is 8.42 Å². The van der Waals surface area contributed by atoms with Crippen LogP contribution in [0, 0.1) is 0 Å². The topological polar surface area (TPSA) is 43.9 Å². The minimum absolute atomic E-state index is 0.117. The molecular weight excluding hydrogens is 286 g/mol. The molecule has 1 rings (SSSR count). The summed E-state index contributed by atoms with van der Waals surface area (Å²) in [5, 5.41) is 0. The molecule has 1 aliphatic rings. The van der Waals surface area contributed by atoms with Crippen LogP contribution >= 0.6 is 11.6 Å². The van der Waals surface area contributed by atoms with Gasteiger partial charge in [0.15, 0.2) is 0 Å². The maximum Gasteiger partial charge on any atom is 0.281 e. The van der Waals surface area contributed by atoms with E-state index >= 15 is 0 Å². The summed E-state index contributed by atoms with van der Waals surface area (Å²) in [7, 11) is -0.0277. The van der Waals surface area contributed by atoms with Crippen molar-refractivity contribution in [2.24, 2.45) is 0 Å². The first-order valence-electron chi connectivity index (χ1n) is 6.91. The molecule has 1 heterocycles. The van der Waals surface area contributed by atoms with Gasteiger partial charge >= 0.3 is 0 Å². The number of halogens is 1. The maximum absolute atomic E-state index is 12.4. The summed E-state index contributed by atoms with van der Waals surface area (Å²) in [5.74, 6) is 0.485. The van der Waals surface area contributed by atoms with Crippen molar-refractivity contribution in [1.29, 1.82) is 0 Å². The molecule has 1 aliphatic heterocycles. The van der Waals surface area contributed by atoms with Crippen LogP contribution in [0.2, 0.25) is 0 Å². The second kappa shape index (κ2) is 7.78. The highest BCUT2D eigenvalue weighted by Crippen LogP contribution is 2.19. The zero-order chi connectivity index (χ0) is 14.5. The smallest absolute Gasteiger partial charge is 0.281 e. The lowest BCUT2D eigenvalue weighted by atomic mass is 10.1. The molecule has 0 unspecified atom stereocenters. The Morgan fingerprint density at radius 2 is 1.84 bits per heavy atom. The van der Waals surface area contributed by atoms with E-state index in [-0.39, 0.29) is 6.04 Å². The SMILES string of the molecule is CCN1CCC(N(C)S(=O)(=O)N(C)CCCCl)CC1. The molecule has 0 spiro atoms. The van der Waals surface area contributed by atoms with Crippen LogP contribution < -0.4 is 0 Å². The van der Waals surface area contributed by atoms with Gasteiger partial charge in [-0.3, -0.25) is 0 Å². The zero-order valence-electron chi connectivity index (χ0n) is 12.2. The van der Waals surface area contributed by atoms with Crippen LogP contribution in [0.1, 0.15) is 26.2 Å². The highest BCUT2D eigenvalue weighted by atomic mass is 35.5. The van der Waals surface area contributed by atoms with Crippen LogP contribution in [-0.4, -0.2) is 74.1 Å². The maximum atomic E-state index is 12.4. The lowest BCUT2D eigenvalue weighted by Crippen LogP contribution is -2.49. The Bertz CT molecular complexity index is 356. The molecule has 5 nitrogen and oxygen atoms in total. The van der Waals surface area contributed by atoms with E-state index in [2.05, 4.69) is 11.8 Å². The van der Waals surface area contributed by atoms with Gasteiger partial charge in [0.05, 0.1) is 0 Å². The molecule has 7 heteroatoms. The summed E-state index contributed by atoms with van der Waals surface area (Å²) >= 11 is 5.62. The van der Waals surface area contributed by atoms with Crippen molar-refractivity contribution in [3.05, 3.63) is 0 Å². The van der Waals surface area contributed by atoms with Gasteiger partial charge in [-0.2, -0.15) is 17.0 Å². The van der Waals surface area contributed by atoms with E-state index in [0.717, 1.165) is 32.5 Å². The Labute approximate surface area is 122 Å². The zero-order valence-corrected chi connectivity index (χ0v) is 13.8. The Balaban J connectivity index is 2.58. The molecule has 0 bridgehead atoms. The molecule has 0 saturated carbocycles. The number of nitrogens with zero attached hydrogens (tertiary/aromatic N) is 3. The van der Waals surface area contributed by atoms with Crippen LogP contribution in [0.4, 0.5) is 0 Å². The van der Waals surface area contributed by atoms with E-state index < -0.39 is 10.2 Å². The highest BCUT2D eigenvalue weighted by Gasteiger charge is 2.31. The second-order valence-electron chi connectivity index (χ2n) is 5.05. The van der Waals surface area contributed by atoms with Crippen molar-refractivity contribution in [3.8, 4) is 0 Å². The van der Waals surface area contributed by atoms with Crippen LogP contribution in [-0.2, 0) is 10.2 Å². The normalized spacial score (nSPS) is 19.5. The third kappa shape index (κ3) is 4.56. The third-order valence-electron chi connectivity index (χ3n) is 3.88. The fourth-order valence-electron chi connectivity index (χ4n) is 2.41. The first-order chi connectivity index (χ1) is 8.93. The van der Waals surface area contributed by atoms with Gasteiger partial charge in [0.25, 0.3) is 10.2 Å². The van der Waals surface area contributed by atoms with E-state index in [4.69, 9.17) is 11.6 Å². The Morgan fingerprint density at radius 3 is 2.32 bits per heavy atom. The molecule has 0 aromatic rings. The molecule has 0 amide bonds. The van der Waals surface area contributed by atoms with E-state index in [1.807, 2.05) is 0 Å². The number of hydrogen-bond acceptors (Lipinski definition) is 3. The Morgan fingerprint density at radius 1 is 1.26 bits per heavy atom. The molecule has 0 aliphatic carbocycles. The van der Waals surface area contributed by atoms with Crippen molar-refractivity contribution in [2.45, 2.75) is 32.2 Å². The van der Waals surface area contributed by atoms with Crippen molar-refractivity contribution in [3.63, 3.8) is 0 Å². The molecular formula is C12H26ClN3O2S. The number of rotatable bonds is 7. The highest BCUT2D eigenvalue weighted by molar-refractivity contribution is 7.86. The summed E-state index contributed by atoms with van der Waals surface area (Å²) in [5.41, 5.74) is 0. The van der Waals surface area contributed by atoms with E-state index in [1.165, 1.54) is 8.61 Å². The van der Waals surface area contributed by atoms with Crippen molar-refractivity contribution in [2.75, 3.05) is 46.2 Å². The average Bonchev–Trinajstić information content (AvgIpc) is 2.43. The molecule has 114 valence electrons. The molecule has 0 radical (unpaired) electrons. The predicted molar refractivity (Wildman–Crippen MR) is 79.8 cm³/mol. The summed E-state index contributed by atoms with van der Waals surface area (Å²) in [6.07, 6.45) is 2.50. The Hall–Kier alpha value is 0.120. The van der Waals surface area contributed by atoms with Crippen LogP contribution in [0.25, 0.3) is 0 Å². The fraction of sp³-hybridized carbons (Fsp3) is 1.00. The third-order valence-corrected chi connectivity index (χ3v) is 6.15. The quantitative estimate of drug-likeness (QED) is 0.664. The first-order valence-corrected chi connectivity index (χ1v) is 8.84. The lowest BCUT2D eigenvalue weighted by molar-refractivity contribution is 0.172. The Kier molecular flexibility index (Phi) is 7.04. The molecule has 0 N–H and O–H groups in total. The van der Waals surface area contributed by atoms with Gasteiger partial charge in [-0.1, -0.05) is 6.92 Å². The van der Waals surface area contributed by atoms with E-state index in [0.29, 0.717) is 18.8 Å². The van der Waals surface area contributed by atoms with Crippen molar-refractivity contribution >= 4 is 21.8 Å². The number of hydrogen-bond donors (Lipinski definition) is 0. The summed E-state index contributed by atoms with van der Waals surface area (Å²) < 4.78 is 27.7. The average molecular weight is 312 g/mol. The lowest BCUT2D eigenvalue weighted by Gasteiger charge is -2.37.